The third kappa shape index (κ3) is 5.17. The summed E-state index contributed by atoms with van der Waals surface area (Å²) in [5.74, 6) is -1.23. The van der Waals surface area contributed by atoms with Crippen molar-refractivity contribution in [2.45, 2.75) is 24.7 Å². The molecule has 0 bridgehead atoms. The molecule has 0 aromatic heterocycles. The quantitative estimate of drug-likeness (QED) is 0.628. The molecule has 3 rings (SSSR count). The van der Waals surface area contributed by atoms with Crippen LogP contribution in [0.3, 0.4) is 0 Å². The van der Waals surface area contributed by atoms with E-state index in [4.69, 9.17) is 21.1 Å². The summed E-state index contributed by atoms with van der Waals surface area (Å²) in [5.41, 5.74) is 1.21. The van der Waals surface area contributed by atoms with Crippen LogP contribution in [0.5, 0.6) is 5.75 Å². The van der Waals surface area contributed by atoms with Gasteiger partial charge in [0.15, 0.2) is 6.61 Å². The number of rotatable bonds is 7. The number of nitrogens with zero attached hydrogens (tertiary/aromatic N) is 1. The molecule has 166 valence electrons. The SMILES string of the molecule is COc1ccc(C(=O)OCC(=O)Nc2cccc(Cl)c2C)cc1S(=O)(=O)N1CCCC1. The zero-order valence-electron chi connectivity index (χ0n) is 17.2. The van der Waals surface area contributed by atoms with Crippen molar-refractivity contribution in [3.8, 4) is 5.75 Å². The number of anilines is 1. The van der Waals surface area contributed by atoms with Gasteiger partial charge in [-0.05, 0) is 55.7 Å². The predicted octanol–water partition coefficient (Wildman–Crippen LogP) is 3.24. The number of amides is 1. The van der Waals surface area contributed by atoms with E-state index in [1.54, 1.807) is 25.1 Å². The van der Waals surface area contributed by atoms with Crippen molar-refractivity contribution in [3.05, 3.63) is 52.5 Å². The number of hydrogen-bond donors (Lipinski definition) is 1. The maximum atomic E-state index is 12.9. The number of hydrogen-bond acceptors (Lipinski definition) is 6. The van der Waals surface area contributed by atoms with Crippen molar-refractivity contribution in [2.24, 2.45) is 0 Å². The van der Waals surface area contributed by atoms with Crippen LogP contribution in [0.2, 0.25) is 5.02 Å². The number of methoxy groups -OCH3 is 1. The van der Waals surface area contributed by atoms with E-state index >= 15 is 0 Å². The summed E-state index contributed by atoms with van der Waals surface area (Å²) in [7, 11) is -2.45. The summed E-state index contributed by atoms with van der Waals surface area (Å²) in [5, 5.41) is 3.13. The zero-order valence-corrected chi connectivity index (χ0v) is 18.8. The first-order valence-electron chi connectivity index (χ1n) is 9.64. The molecule has 0 atom stereocenters. The molecule has 1 fully saturated rings. The Bertz CT molecular complexity index is 1100. The maximum absolute atomic E-state index is 12.9. The smallest absolute Gasteiger partial charge is 0.338 e. The number of carbonyl (C=O) groups is 2. The van der Waals surface area contributed by atoms with Gasteiger partial charge in [0.25, 0.3) is 5.91 Å². The Hall–Kier alpha value is -2.62. The van der Waals surface area contributed by atoms with Crippen LogP contribution in [0.15, 0.2) is 41.3 Å². The van der Waals surface area contributed by atoms with Gasteiger partial charge in [-0.2, -0.15) is 4.31 Å². The second kappa shape index (κ2) is 9.67. The highest BCUT2D eigenvalue weighted by molar-refractivity contribution is 7.89. The van der Waals surface area contributed by atoms with Crippen LogP contribution < -0.4 is 10.1 Å². The molecule has 1 N–H and O–H groups in total. The summed E-state index contributed by atoms with van der Waals surface area (Å²) in [4.78, 5) is 24.5. The Morgan fingerprint density at radius 3 is 2.55 bits per heavy atom. The second-order valence-corrected chi connectivity index (χ2v) is 9.33. The Labute approximate surface area is 186 Å². The first-order valence-corrected chi connectivity index (χ1v) is 11.5. The molecule has 2 aromatic carbocycles. The molecule has 31 heavy (non-hydrogen) atoms. The summed E-state index contributed by atoms with van der Waals surface area (Å²) in [6, 6.07) is 9.08. The molecular weight excluding hydrogens is 444 g/mol. The standard InChI is InChI=1S/C21H23ClN2O6S/c1-14-16(22)6-5-7-17(14)23-20(25)13-30-21(26)15-8-9-18(29-2)19(12-15)31(27,28)24-10-3-4-11-24/h5-9,12H,3-4,10-11,13H2,1-2H3,(H,23,25). The molecule has 8 nitrogen and oxygen atoms in total. The molecular formula is C21H23ClN2O6S. The van der Waals surface area contributed by atoms with Crippen LogP contribution in [0.1, 0.15) is 28.8 Å². The van der Waals surface area contributed by atoms with Gasteiger partial charge in [0.05, 0.1) is 12.7 Å². The van der Waals surface area contributed by atoms with Gasteiger partial charge in [-0.3, -0.25) is 4.79 Å². The molecule has 0 aliphatic carbocycles. The van der Waals surface area contributed by atoms with Crippen molar-refractivity contribution in [1.82, 2.24) is 4.31 Å². The van der Waals surface area contributed by atoms with Crippen molar-refractivity contribution in [1.29, 1.82) is 0 Å². The molecule has 1 aliphatic rings. The predicted molar refractivity (Wildman–Crippen MR) is 116 cm³/mol. The lowest BCUT2D eigenvalue weighted by Crippen LogP contribution is -2.28. The molecule has 1 heterocycles. The summed E-state index contributed by atoms with van der Waals surface area (Å²) in [6.45, 7) is 2.06. The fourth-order valence-corrected chi connectivity index (χ4v) is 5.09. The van der Waals surface area contributed by atoms with Crippen LogP contribution >= 0.6 is 11.6 Å². The highest BCUT2D eigenvalue weighted by atomic mass is 35.5. The first-order chi connectivity index (χ1) is 14.7. The van der Waals surface area contributed by atoms with E-state index in [9.17, 15) is 18.0 Å². The van der Waals surface area contributed by atoms with Crippen molar-refractivity contribution >= 4 is 39.2 Å². The van der Waals surface area contributed by atoms with Crippen LogP contribution in [-0.4, -0.2) is 51.4 Å². The molecule has 1 saturated heterocycles. The Morgan fingerprint density at radius 1 is 1.16 bits per heavy atom. The largest absolute Gasteiger partial charge is 0.495 e. The maximum Gasteiger partial charge on any atom is 0.338 e. The van der Waals surface area contributed by atoms with Gasteiger partial charge in [0, 0.05) is 23.8 Å². The highest BCUT2D eigenvalue weighted by Gasteiger charge is 2.31. The van der Waals surface area contributed by atoms with Crippen LogP contribution in [-0.2, 0) is 19.6 Å². The number of halogens is 1. The van der Waals surface area contributed by atoms with E-state index in [0.29, 0.717) is 29.4 Å². The van der Waals surface area contributed by atoms with E-state index in [0.717, 1.165) is 12.8 Å². The summed E-state index contributed by atoms with van der Waals surface area (Å²) >= 11 is 6.03. The van der Waals surface area contributed by atoms with Gasteiger partial charge >= 0.3 is 5.97 Å². The van der Waals surface area contributed by atoms with Gasteiger partial charge in [0.1, 0.15) is 10.6 Å². The lowest BCUT2D eigenvalue weighted by Gasteiger charge is -2.18. The van der Waals surface area contributed by atoms with Crippen molar-refractivity contribution < 1.29 is 27.5 Å². The van der Waals surface area contributed by atoms with E-state index in [2.05, 4.69) is 5.32 Å². The summed E-state index contributed by atoms with van der Waals surface area (Å²) < 4.78 is 37.5. The Kier molecular flexibility index (Phi) is 7.19. The molecule has 10 heteroatoms. The number of benzene rings is 2. The van der Waals surface area contributed by atoms with Crippen LogP contribution in [0.25, 0.3) is 0 Å². The molecule has 0 radical (unpaired) electrons. The Balaban J connectivity index is 1.71. The molecule has 1 aliphatic heterocycles. The van der Waals surface area contributed by atoms with Gasteiger partial charge in [-0.15, -0.1) is 0 Å². The average Bonchev–Trinajstić information content (AvgIpc) is 3.30. The van der Waals surface area contributed by atoms with Crippen molar-refractivity contribution in [2.75, 3.05) is 32.1 Å². The van der Waals surface area contributed by atoms with Gasteiger partial charge in [-0.25, -0.2) is 13.2 Å². The average molecular weight is 467 g/mol. The molecule has 0 unspecified atom stereocenters. The number of esters is 1. The van der Waals surface area contributed by atoms with E-state index in [1.807, 2.05) is 0 Å². The lowest BCUT2D eigenvalue weighted by molar-refractivity contribution is -0.119. The fraction of sp³-hybridized carbons (Fsp3) is 0.333. The van der Waals surface area contributed by atoms with Gasteiger partial charge < -0.3 is 14.8 Å². The van der Waals surface area contributed by atoms with E-state index in [1.165, 1.54) is 29.6 Å². The number of carbonyl (C=O) groups excluding carboxylic acids is 2. The van der Waals surface area contributed by atoms with Gasteiger partial charge in [0.2, 0.25) is 10.0 Å². The molecule has 0 spiro atoms. The molecule has 1 amide bonds. The third-order valence-electron chi connectivity index (χ3n) is 4.96. The molecule has 2 aromatic rings. The van der Waals surface area contributed by atoms with Crippen LogP contribution in [0, 0.1) is 6.92 Å². The minimum Gasteiger partial charge on any atom is -0.495 e. The third-order valence-corrected chi connectivity index (χ3v) is 7.29. The topological polar surface area (TPSA) is 102 Å². The minimum atomic E-state index is -3.81. The Morgan fingerprint density at radius 2 is 1.87 bits per heavy atom. The van der Waals surface area contributed by atoms with E-state index < -0.39 is 28.5 Å². The van der Waals surface area contributed by atoms with Crippen LogP contribution in [0.4, 0.5) is 5.69 Å². The number of ether oxygens (including phenoxy) is 2. The zero-order chi connectivity index (χ0) is 22.6. The first kappa shape index (κ1) is 23.1. The van der Waals surface area contributed by atoms with E-state index in [-0.39, 0.29) is 16.2 Å². The van der Waals surface area contributed by atoms with Crippen molar-refractivity contribution in [3.63, 3.8) is 0 Å². The highest BCUT2D eigenvalue weighted by Crippen LogP contribution is 2.30. The lowest BCUT2D eigenvalue weighted by atomic mass is 10.2. The normalized spacial score (nSPS) is 14.3. The molecule has 0 saturated carbocycles. The summed E-state index contributed by atoms with van der Waals surface area (Å²) in [6.07, 6.45) is 1.56. The number of nitrogens with one attached hydrogen (secondary N) is 1. The fourth-order valence-electron chi connectivity index (χ4n) is 3.22. The van der Waals surface area contributed by atoms with Gasteiger partial charge in [-0.1, -0.05) is 17.7 Å². The monoisotopic (exact) mass is 466 g/mol. The number of sulfonamides is 1. The minimum absolute atomic E-state index is 0.00491. The second-order valence-electron chi connectivity index (χ2n) is 7.01.